The second-order valence-corrected chi connectivity index (χ2v) is 11.6. The maximum Gasteiger partial charge on any atom is 0.308 e. The largest absolute Gasteiger partial charge is 0.481 e. The number of carboxylic acid groups (broad SMARTS) is 1. The van der Waals surface area contributed by atoms with Crippen LogP contribution in [0.1, 0.15) is 63.4 Å². The first kappa shape index (κ1) is 30.1. The summed E-state index contributed by atoms with van der Waals surface area (Å²) in [6.45, 7) is 6.42. The molecule has 0 saturated carbocycles. The Morgan fingerprint density at radius 2 is 1.85 bits per heavy atom. The number of fused-ring (bicyclic) bond motifs is 1. The van der Waals surface area contributed by atoms with Crippen molar-refractivity contribution >= 4 is 17.8 Å². The third-order valence-corrected chi connectivity index (χ3v) is 8.48. The van der Waals surface area contributed by atoms with Crippen LogP contribution in [0.15, 0.2) is 18.2 Å². The van der Waals surface area contributed by atoms with Gasteiger partial charge in [0.1, 0.15) is 0 Å². The summed E-state index contributed by atoms with van der Waals surface area (Å²) >= 11 is 0. The van der Waals surface area contributed by atoms with Gasteiger partial charge in [-0.1, -0.05) is 19.4 Å². The van der Waals surface area contributed by atoms with Crippen LogP contribution >= 0.6 is 0 Å². The van der Waals surface area contributed by atoms with Gasteiger partial charge in [0.05, 0.1) is 12.5 Å². The summed E-state index contributed by atoms with van der Waals surface area (Å²) in [6.07, 6.45) is 5.78. The monoisotopic (exact) mass is 558 g/mol. The summed E-state index contributed by atoms with van der Waals surface area (Å²) in [5.74, 6) is -0.421. The number of benzene rings is 1. The summed E-state index contributed by atoms with van der Waals surface area (Å²) in [7, 11) is 4.06. The molecule has 0 unspecified atom stereocenters. The zero-order chi connectivity index (χ0) is 28.6. The van der Waals surface area contributed by atoms with Crippen molar-refractivity contribution in [3.05, 3.63) is 23.8 Å². The Kier molecular flexibility index (Phi) is 10.7. The molecule has 10 heteroatoms. The Hall–Kier alpha value is -2.85. The quantitative estimate of drug-likeness (QED) is 0.372. The molecule has 0 spiro atoms. The topological polar surface area (TPSA) is 103 Å². The molecule has 4 rings (SSSR count). The Morgan fingerprint density at radius 3 is 2.58 bits per heavy atom. The second kappa shape index (κ2) is 14.2. The number of unbranched alkanes of at least 4 members (excludes halogenated alkanes) is 1. The molecule has 3 heterocycles. The predicted molar refractivity (Wildman–Crippen MR) is 151 cm³/mol. The van der Waals surface area contributed by atoms with Crippen molar-refractivity contribution in [2.24, 2.45) is 5.92 Å². The average Bonchev–Trinajstić information content (AvgIpc) is 3.54. The molecule has 222 valence electrons. The lowest BCUT2D eigenvalue weighted by Crippen LogP contribution is -2.46. The van der Waals surface area contributed by atoms with Gasteiger partial charge >= 0.3 is 5.97 Å². The Balaban J connectivity index is 1.55. The molecule has 2 fully saturated rings. The second-order valence-electron chi connectivity index (χ2n) is 11.6. The highest BCUT2D eigenvalue weighted by atomic mass is 16.7. The summed E-state index contributed by atoms with van der Waals surface area (Å²) in [6, 6.07) is 5.28. The smallest absolute Gasteiger partial charge is 0.308 e. The minimum absolute atomic E-state index is 0.0433. The van der Waals surface area contributed by atoms with Crippen LogP contribution in [-0.4, -0.2) is 115 Å². The molecule has 1 aromatic rings. The molecule has 3 aliphatic rings. The van der Waals surface area contributed by atoms with Crippen molar-refractivity contribution in [3.8, 4) is 11.5 Å². The highest BCUT2D eigenvalue weighted by molar-refractivity contribution is 5.79. The van der Waals surface area contributed by atoms with E-state index in [0.717, 1.165) is 44.2 Å². The van der Waals surface area contributed by atoms with Gasteiger partial charge in [0, 0.05) is 51.1 Å². The lowest BCUT2D eigenvalue weighted by Gasteiger charge is -2.32. The lowest BCUT2D eigenvalue weighted by molar-refractivity contribution is -0.144. The van der Waals surface area contributed by atoms with Crippen molar-refractivity contribution in [2.75, 3.05) is 66.7 Å². The predicted octanol–water partition coefficient (Wildman–Crippen LogP) is 2.87. The van der Waals surface area contributed by atoms with Crippen LogP contribution < -0.4 is 9.47 Å². The Bertz CT molecular complexity index is 1030. The fourth-order valence-electron chi connectivity index (χ4n) is 6.28. The van der Waals surface area contributed by atoms with E-state index >= 15 is 0 Å². The van der Waals surface area contributed by atoms with E-state index in [0.29, 0.717) is 57.1 Å². The van der Waals surface area contributed by atoms with E-state index in [1.165, 1.54) is 0 Å². The molecule has 2 amide bonds. The van der Waals surface area contributed by atoms with E-state index in [9.17, 15) is 19.5 Å². The zero-order valence-corrected chi connectivity index (χ0v) is 24.3. The van der Waals surface area contributed by atoms with E-state index in [1.807, 2.05) is 42.1 Å². The van der Waals surface area contributed by atoms with Crippen molar-refractivity contribution in [3.63, 3.8) is 0 Å². The minimum Gasteiger partial charge on any atom is -0.481 e. The standard InChI is InChI=1S/C30H46N4O6/c1-4-5-14-32(16-8-13-31(2)3)28(36)20-34-19-23(22-10-11-25-26(18-22)40-21-39-25)29(30(37)38)24(34)12-17-33-15-7-6-9-27(33)35/h10-11,18,23-24,29H,4-9,12-17,19-21H2,1-3H3,(H,37,38)/t23-,24+,29-/m1/s1. The SMILES string of the molecule is CCCCN(CCCN(C)C)C(=O)CN1C[C@H](c2ccc3c(c2)OCO3)[C@@H](C(=O)O)[C@@H]1CCN1CCCCC1=O. The van der Waals surface area contributed by atoms with E-state index in [4.69, 9.17) is 9.47 Å². The number of nitrogens with zero attached hydrogens (tertiary/aromatic N) is 4. The van der Waals surface area contributed by atoms with Crippen LogP contribution in [0.2, 0.25) is 0 Å². The van der Waals surface area contributed by atoms with Crippen LogP contribution in [-0.2, 0) is 14.4 Å². The highest BCUT2D eigenvalue weighted by Gasteiger charge is 2.47. The number of hydrogen-bond acceptors (Lipinski definition) is 7. The molecule has 0 aromatic heterocycles. The molecule has 0 radical (unpaired) electrons. The molecule has 0 bridgehead atoms. The molecule has 1 aromatic carbocycles. The first-order valence-corrected chi connectivity index (χ1v) is 14.8. The van der Waals surface area contributed by atoms with Crippen molar-refractivity contribution in [1.82, 2.24) is 19.6 Å². The summed E-state index contributed by atoms with van der Waals surface area (Å²) in [5.41, 5.74) is 0.875. The summed E-state index contributed by atoms with van der Waals surface area (Å²) < 4.78 is 11.0. The van der Waals surface area contributed by atoms with Gasteiger partial charge in [0.15, 0.2) is 11.5 Å². The van der Waals surface area contributed by atoms with E-state index in [2.05, 4.69) is 16.7 Å². The minimum atomic E-state index is -0.874. The van der Waals surface area contributed by atoms with Crippen molar-refractivity contribution < 1.29 is 29.0 Å². The number of carbonyl (C=O) groups excluding carboxylic acids is 2. The number of hydrogen-bond donors (Lipinski definition) is 1. The number of carbonyl (C=O) groups is 3. The van der Waals surface area contributed by atoms with Gasteiger partial charge in [-0.15, -0.1) is 0 Å². The maximum atomic E-state index is 13.7. The summed E-state index contributed by atoms with van der Waals surface area (Å²) in [4.78, 5) is 47.0. The highest BCUT2D eigenvalue weighted by Crippen LogP contribution is 2.42. The van der Waals surface area contributed by atoms with E-state index in [1.54, 1.807) is 0 Å². The maximum absolute atomic E-state index is 13.7. The van der Waals surface area contributed by atoms with E-state index in [-0.39, 0.29) is 37.1 Å². The van der Waals surface area contributed by atoms with Crippen molar-refractivity contribution in [1.29, 1.82) is 0 Å². The first-order valence-electron chi connectivity index (χ1n) is 14.8. The third kappa shape index (κ3) is 7.46. The Morgan fingerprint density at radius 1 is 1.07 bits per heavy atom. The van der Waals surface area contributed by atoms with Crippen LogP contribution in [0.5, 0.6) is 11.5 Å². The molecule has 3 aliphatic heterocycles. The molecule has 3 atom stereocenters. The molecule has 10 nitrogen and oxygen atoms in total. The zero-order valence-electron chi connectivity index (χ0n) is 24.3. The van der Waals surface area contributed by atoms with Gasteiger partial charge in [-0.3, -0.25) is 19.3 Å². The number of piperidine rings is 1. The van der Waals surface area contributed by atoms with Gasteiger partial charge in [-0.25, -0.2) is 0 Å². The normalized spacial score (nSPS) is 22.8. The first-order chi connectivity index (χ1) is 19.3. The van der Waals surface area contributed by atoms with Gasteiger partial charge in [-0.2, -0.15) is 0 Å². The number of aliphatic carboxylic acids is 1. The number of amides is 2. The van der Waals surface area contributed by atoms with Crippen LogP contribution in [0.25, 0.3) is 0 Å². The average molecular weight is 559 g/mol. The number of carboxylic acids is 1. The van der Waals surface area contributed by atoms with E-state index < -0.39 is 11.9 Å². The van der Waals surface area contributed by atoms with Crippen LogP contribution in [0.4, 0.5) is 0 Å². The van der Waals surface area contributed by atoms with Gasteiger partial charge in [0.25, 0.3) is 0 Å². The van der Waals surface area contributed by atoms with Gasteiger partial charge in [0.2, 0.25) is 18.6 Å². The van der Waals surface area contributed by atoms with Crippen molar-refractivity contribution in [2.45, 2.75) is 63.8 Å². The van der Waals surface area contributed by atoms with Gasteiger partial charge < -0.3 is 29.3 Å². The Labute approximate surface area is 238 Å². The van der Waals surface area contributed by atoms with Crippen LogP contribution in [0, 0.1) is 5.92 Å². The molecule has 40 heavy (non-hydrogen) atoms. The third-order valence-electron chi connectivity index (χ3n) is 8.48. The molecule has 1 N–H and O–H groups in total. The lowest BCUT2D eigenvalue weighted by atomic mass is 9.84. The number of rotatable bonds is 14. The fraction of sp³-hybridized carbons (Fsp3) is 0.700. The molecular weight excluding hydrogens is 512 g/mol. The number of likely N-dealkylation sites (tertiary alicyclic amines) is 2. The number of ether oxygens (including phenoxy) is 2. The fourth-order valence-corrected chi connectivity index (χ4v) is 6.28. The van der Waals surface area contributed by atoms with Crippen LogP contribution in [0.3, 0.4) is 0 Å². The van der Waals surface area contributed by atoms with Gasteiger partial charge in [-0.05, 0) is 70.4 Å². The molecule has 0 aliphatic carbocycles. The molecular formula is C30H46N4O6. The summed E-state index contributed by atoms with van der Waals surface area (Å²) in [5, 5.41) is 10.5. The molecule has 2 saturated heterocycles.